The van der Waals surface area contributed by atoms with Crippen LogP contribution in [0.1, 0.15) is 12.8 Å². The average Bonchev–Trinajstić information content (AvgIpc) is 3.29. The van der Waals surface area contributed by atoms with E-state index in [-0.39, 0.29) is 6.54 Å². The first-order valence-corrected chi connectivity index (χ1v) is 10.5. The van der Waals surface area contributed by atoms with Crippen molar-refractivity contribution in [2.24, 2.45) is 0 Å². The summed E-state index contributed by atoms with van der Waals surface area (Å²) >= 11 is 3.26. The summed E-state index contributed by atoms with van der Waals surface area (Å²) < 4.78 is 11.3. The monoisotopic (exact) mass is 403 g/mol. The number of aromatic nitrogens is 1. The highest BCUT2D eigenvalue weighted by Gasteiger charge is 2.52. The highest BCUT2D eigenvalue weighted by Crippen LogP contribution is 2.40. The number of carbonyl (C=O) groups excluding carboxylic acids is 2. The Hall–Kier alpha value is -2.23. The number of anilines is 1. The maximum absolute atomic E-state index is 12.1. The summed E-state index contributed by atoms with van der Waals surface area (Å²) in [5, 5.41) is 3.99. The summed E-state index contributed by atoms with van der Waals surface area (Å²) in [6, 6.07) is 4.36. The van der Waals surface area contributed by atoms with Crippen LogP contribution < -0.4 is 4.90 Å². The molecule has 4 aliphatic heterocycles. The van der Waals surface area contributed by atoms with Gasteiger partial charge >= 0.3 is 17.8 Å². The third kappa shape index (κ3) is 2.95. The maximum Gasteiger partial charge on any atom is 0.339 e. The Bertz CT molecular complexity index is 880. The molecular formula is C18H17N3O4S2. The van der Waals surface area contributed by atoms with Crippen LogP contribution in [0.4, 0.5) is 5.00 Å². The Labute approximate surface area is 163 Å². The van der Waals surface area contributed by atoms with Crippen LogP contribution in [0.2, 0.25) is 0 Å². The molecule has 0 aromatic carbocycles. The first-order chi connectivity index (χ1) is 13.1. The van der Waals surface area contributed by atoms with Crippen LogP contribution in [0.3, 0.4) is 0 Å². The highest BCUT2D eigenvalue weighted by molar-refractivity contribution is 7.23. The lowest BCUT2D eigenvalue weighted by molar-refractivity contribution is -0.274. The van der Waals surface area contributed by atoms with E-state index < -0.39 is 17.8 Å². The van der Waals surface area contributed by atoms with Crippen molar-refractivity contribution in [1.82, 2.24) is 9.88 Å². The SMILES string of the molecule is O=C1C=CC(=O)OC2(CN(c3cnc(-c4cccs4)s3)C3CCN2CC3)O1. The summed E-state index contributed by atoms with van der Waals surface area (Å²) in [6.45, 7) is 1.69. The second-order valence-corrected chi connectivity index (χ2v) is 8.67. The van der Waals surface area contributed by atoms with E-state index in [2.05, 4.69) is 16.0 Å². The van der Waals surface area contributed by atoms with Crippen LogP contribution in [-0.4, -0.2) is 53.4 Å². The van der Waals surface area contributed by atoms with E-state index in [1.807, 2.05) is 22.5 Å². The summed E-state index contributed by atoms with van der Waals surface area (Å²) in [4.78, 5) is 34.0. The van der Waals surface area contributed by atoms with E-state index in [4.69, 9.17) is 9.47 Å². The average molecular weight is 403 g/mol. The van der Waals surface area contributed by atoms with Gasteiger partial charge in [-0.05, 0) is 24.3 Å². The molecule has 0 N–H and O–H groups in total. The van der Waals surface area contributed by atoms with Gasteiger partial charge in [0.15, 0.2) is 0 Å². The van der Waals surface area contributed by atoms with Crippen molar-refractivity contribution in [1.29, 1.82) is 0 Å². The summed E-state index contributed by atoms with van der Waals surface area (Å²) in [5.41, 5.74) is 0. The number of carbonyl (C=O) groups is 2. The van der Waals surface area contributed by atoms with Gasteiger partial charge in [0.25, 0.3) is 0 Å². The second-order valence-electron chi connectivity index (χ2n) is 6.72. The quantitative estimate of drug-likeness (QED) is 0.713. The zero-order valence-electron chi connectivity index (χ0n) is 14.4. The largest absolute Gasteiger partial charge is 0.403 e. The standard InChI is InChI=1S/C18H17N3O4S2/c22-15-3-4-16(23)25-18(24-15)11-21(12-5-7-20(18)8-6-12)14-10-19-17(27-14)13-2-1-9-26-13/h1-4,9-10,12H,5-8,11H2. The minimum Gasteiger partial charge on any atom is -0.403 e. The van der Waals surface area contributed by atoms with Crippen molar-refractivity contribution in [2.45, 2.75) is 24.8 Å². The highest BCUT2D eigenvalue weighted by atomic mass is 32.1. The van der Waals surface area contributed by atoms with Crippen LogP contribution in [0, 0.1) is 0 Å². The van der Waals surface area contributed by atoms with Crippen LogP contribution in [0.5, 0.6) is 0 Å². The minimum absolute atomic E-state index is 0.281. The molecule has 1 spiro atoms. The molecule has 2 aromatic heterocycles. The number of thiophene rings is 1. The Balaban J connectivity index is 1.51. The summed E-state index contributed by atoms with van der Waals surface area (Å²) in [5.74, 6) is -2.51. The topological polar surface area (TPSA) is 72.0 Å². The number of thiazole rings is 1. The number of fused-ring (bicyclic) bond motifs is 3. The van der Waals surface area contributed by atoms with Gasteiger partial charge in [-0.1, -0.05) is 17.4 Å². The first-order valence-electron chi connectivity index (χ1n) is 8.78. The molecule has 140 valence electrons. The molecular weight excluding hydrogens is 386 g/mol. The molecule has 2 aromatic rings. The fourth-order valence-corrected chi connectivity index (χ4v) is 5.66. The zero-order chi connectivity index (χ0) is 18.4. The van der Waals surface area contributed by atoms with Gasteiger partial charge in [-0.15, -0.1) is 11.3 Å². The van der Waals surface area contributed by atoms with Crippen molar-refractivity contribution in [3.05, 3.63) is 35.9 Å². The molecule has 0 saturated carbocycles. The predicted octanol–water partition coefficient (Wildman–Crippen LogP) is 2.47. The lowest BCUT2D eigenvalue weighted by Crippen LogP contribution is -2.58. The van der Waals surface area contributed by atoms with E-state index in [9.17, 15) is 9.59 Å². The summed E-state index contributed by atoms with van der Waals surface area (Å²) in [7, 11) is 0. The van der Waals surface area contributed by atoms with Crippen LogP contribution in [0.15, 0.2) is 35.9 Å². The van der Waals surface area contributed by atoms with E-state index in [0.717, 1.165) is 39.9 Å². The van der Waals surface area contributed by atoms with E-state index in [1.165, 1.54) is 0 Å². The second kappa shape index (κ2) is 6.43. The van der Waals surface area contributed by atoms with Crippen molar-refractivity contribution < 1.29 is 19.1 Å². The van der Waals surface area contributed by atoms with Crippen LogP contribution >= 0.6 is 22.7 Å². The molecule has 3 fully saturated rings. The molecule has 2 bridgehead atoms. The number of ether oxygens (including phenoxy) is 2. The molecule has 27 heavy (non-hydrogen) atoms. The summed E-state index contributed by atoms with van der Waals surface area (Å²) in [6.07, 6.45) is 5.94. The van der Waals surface area contributed by atoms with Crippen LogP contribution in [0.25, 0.3) is 9.88 Å². The molecule has 0 unspecified atom stereocenters. The van der Waals surface area contributed by atoms with Gasteiger partial charge in [-0.3, -0.25) is 0 Å². The molecule has 4 aliphatic rings. The van der Waals surface area contributed by atoms with Crippen molar-refractivity contribution in [2.75, 3.05) is 24.5 Å². The Morgan fingerprint density at radius 1 is 1.15 bits per heavy atom. The molecule has 0 atom stereocenters. The number of rotatable bonds is 2. The third-order valence-corrected chi connectivity index (χ3v) is 7.21. The smallest absolute Gasteiger partial charge is 0.339 e. The maximum atomic E-state index is 12.1. The predicted molar refractivity (Wildman–Crippen MR) is 101 cm³/mol. The molecule has 9 heteroatoms. The van der Waals surface area contributed by atoms with Gasteiger partial charge in [-0.25, -0.2) is 19.5 Å². The molecule has 0 radical (unpaired) electrons. The minimum atomic E-state index is -1.39. The number of nitrogens with zero attached hydrogens (tertiary/aromatic N) is 3. The van der Waals surface area contributed by atoms with Crippen molar-refractivity contribution in [3.8, 4) is 9.88 Å². The van der Waals surface area contributed by atoms with Gasteiger partial charge < -0.3 is 14.4 Å². The number of esters is 2. The number of hydrogen-bond donors (Lipinski definition) is 0. The third-order valence-electron chi connectivity index (χ3n) is 5.14. The van der Waals surface area contributed by atoms with Crippen molar-refractivity contribution >= 4 is 39.6 Å². The lowest BCUT2D eigenvalue weighted by atomic mass is 10.1. The molecule has 6 heterocycles. The van der Waals surface area contributed by atoms with Gasteiger partial charge in [0.1, 0.15) is 16.6 Å². The Morgan fingerprint density at radius 2 is 1.89 bits per heavy atom. The zero-order valence-corrected chi connectivity index (χ0v) is 16.0. The fourth-order valence-electron chi connectivity index (χ4n) is 3.87. The van der Waals surface area contributed by atoms with Gasteiger partial charge in [-0.2, -0.15) is 0 Å². The van der Waals surface area contributed by atoms with Gasteiger partial charge in [0.2, 0.25) is 0 Å². The molecule has 7 nitrogen and oxygen atoms in total. The van der Waals surface area contributed by atoms with Crippen molar-refractivity contribution in [3.63, 3.8) is 0 Å². The van der Waals surface area contributed by atoms with E-state index in [0.29, 0.717) is 19.1 Å². The fraction of sp³-hybridized carbons (Fsp3) is 0.389. The Kier molecular flexibility index (Phi) is 4.03. The molecule has 6 rings (SSSR count). The number of hydrogen-bond acceptors (Lipinski definition) is 9. The lowest BCUT2D eigenvalue weighted by Gasteiger charge is -2.39. The Morgan fingerprint density at radius 3 is 2.56 bits per heavy atom. The van der Waals surface area contributed by atoms with E-state index in [1.54, 1.807) is 22.7 Å². The van der Waals surface area contributed by atoms with E-state index >= 15 is 0 Å². The van der Waals surface area contributed by atoms with Gasteiger partial charge in [0, 0.05) is 31.3 Å². The van der Waals surface area contributed by atoms with Gasteiger partial charge in [0.05, 0.1) is 11.1 Å². The first kappa shape index (κ1) is 16.9. The molecule has 3 saturated heterocycles. The molecule has 0 aliphatic carbocycles. The normalized spacial score (nSPS) is 26.6. The number of piperidine rings is 1. The van der Waals surface area contributed by atoms with Crippen LogP contribution in [-0.2, 0) is 19.1 Å². The molecule has 0 amide bonds.